The van der Waals surface area contributed by atoms with E-state index in [0.717, 1.165) is 28.1 Å². The summed E-state index contributed by atoms with van der Waals surface area (Å²) in [7, 11) is 1.65. The molecule has 1 aromatic carbocycles. The average molecular weight is 314 g/mol. The molecule has 0 amide bonds. The molecule has 0 saturated carbocycles. The van der Waals surface area contributed by atoms with Gasteiger partial charge in [0.25, 0.3) is 0 Å². The maximum absolute atomic E-state index is 5.71. The van der Waals surface area contributed by atoms with E-state index in [0.29, 0.717) is 12.6 Å². The zero-order valence-electron chi connectivity index (χ0n) is 11.1. The summed E-state index contributed by atoms with van der Waals surface area (Å²) in [6.45, 7) is 9.21. The maximum Gasteiger partial charge on any atom is 0.128 e. The highest BCUT2D eigenvalue weighted by atomic mass is 79.9. The number of ether oxygens (including phenoxy) is 2. The van der Waals surface area contributed by atoms with Crippen LogP contribution in [0.15, 0.2) is 29.3 Å². The standard InChI is InChI=1S/C14H20BrNO2/c1-10(2)16-8-12-5-6-13(17-4)7-14(12)18-9-11(3)15/h5-7,10,16H,3,8-9H2,1-2,4H3. The van der Waals surface area contributed by atoms with Crippen molar-refractivity contribution in [3.8, 4) is 11.5 Å². The molecule has 3 nitrogen and oxygen atoms in total. The number of hydrogen-bond acceptors (Lipinski definition) is 3. The topological polar surface area (TPSA) is 30.5 Å². The second-order valence-corrected chi connectivity index (χ2v) is 5.44. The molecule has 1 aromatic rings. The SMILES string of the molecule is C=C(Br)COc1cc(OC)ccc1CNC(C)C. The Morgan fingerprint density at radius 3 is 2.72 bits per heavy atom. The van der Waals surface area contributed by atoms with Gasteiger partial charge in [0.15, 0.2) is 0 Å². The quantitative estimate of drug-likeness (QED) is 0.836. The number of methoxy groups -OCH3 is 1. The van der Waals surface area contributed by atoms with Gasteiger partial charge in [-0.3, -0.25) is 0 Å². The van der Waals surface area contributed by atoms with Crippen LogP contribution >= 0.6 is 15.9 Å². The van der Waals surface area contributed by atoms with Gasteiger partial charge < -0.3 is 14.8 Å². The van der Waals surface area contributed by atoms with Crippen molar-refractivity contribution in [2.24, 2.45) is 0 Å². The van der Waals surface area contributed by atoms with E-state index in [1.807, 2.05) is 18.2 Å². The number of benzene rings is 1. The Labute approximate surface area is 117 Å². The van der Waals surface area contributed by atoms with Crippen molar-refractivity contribution in [3.05, 3.63) is 34.8 Å². The minimum Gasteiger partial charge on any atom is -0.497 e. The van der Waals surface area contributed by atoms with Crippen LogP contribution < -0.4 is 14.8 Å². The zero-order valence-corrected chi connectivity index (χ0v) is 12.7. The van der Waals surface area contributed by atoms with E-state index in [1.165, 1.54) is 0 Å². The van der Waals surface area contributed by atoms with Gasteiger partial charge in [-0.15, -0.1) is 0 Å². The molecule has 0 radical (unpaired) electrons. The van der Waals surface area contributed by atoms with E-state index in [1.54, 1.807) is 7.11 Å². The number of rotatable bonds is 7. The molecule has 0 fully saturated rings. The number of nitrogens with one attached hydrogen (secondary N) is 1. The minimum atomic E-state index is 0.436. The summed E-state index contributed by atoms with van der Waals surface area (Å²) >= 11 is 3.29. The summed E-state index contributed by atoms with van der Waals surface area (Å²) < 4.78 is 11.7. The Kier molecular flexibility index (Phi) is 6.22. The molecule has 1 N–H and O–H groups in total. The first kappa shape index (κ1) is 15.1. The van der Waals surface area contributed by atoms with Gasteiger partial charge in [0.05, 0.1) is 7.11 Å². The second-order valence-electron chi connectivity index (χ2n) is 4.32. The molecule has 0 aliphatic heterocycles. The lowest BCUT2D eigenvalue weighted by molar-refractivity contribution is 0.349. The van der Waals surface area contributed by atoms with Gasteiger partial charge in [-0.2, -0.15) is 0 Å². The molecule has 0 saturated heterocycles. The first-order chi connectivity index (χ1) is 8.52. The third-order valence-electron chi connectivity index (χ3n) is 2.36. The minimum absolute atomic E-state index is 0.436. The molecule has 0 unspecified atom stereocenters. The largest absolute Gasteiger partial charge is 0.497 e. The van der Waals surface area contributed by atoms with Crippen LogP contribution in [0.2, 0.25) is 0 Å². The van der Waals surface area contributed by atoms with Crippen molar-refractivity contribution in [3.63, 3.8) is 0 Å². The van der Waals surface area contributed by atoms with Crippen LogP contribution in [0.5, 0.6) is 11.5 Å². The Morgan fingerprint density at radius 1 is 1.44 bits per heavy atom. The highest BCUT2D eigenvalue weighted by Crippen LogP contribution is 2.25. The van der Waals surface area contributed by atoms with Crippen LogP contribution in [0.25, 0.3) is 0 Å². The van der Waals surface area contributed by atoms with Gasteiger partial charge in [0.1, 0.15) is 18.1 Å². The van der Waals surface area contributed by atoms with Gasteiger partial charge >= 0.3 is 0 Å². The number of halogens is 1. The molecule has 0 heterocycles. The molecule has 100 valence electrons. The summed E-state index contributed by atoms with van der Waals surface area (Å²) in [6, 6.07) is 6.28. The Morgan fingerprint density at radius 2 is 2.17 bits per heavy atom. The van der Waals surface area contributed by atoms with E-state index in [-0.39, 0.29) is 0 Å². The highest BCUT2D eigenvalue weighted by molar-refractivity contribution is 9.11. The van der Waals surface area contributed by atoms with Crippen molar-refractivity contribution >= 4 is 15.9 Å². The predicted molar refractivity (Wildman–Crippen MR) is 78.5 cm³/mol. The van der Waals surface area contributed by atoms with Gasteiger partial charge in [-0.1, -0.05) is 42.4 Å². The summed E-state index contributed by atoms with van der Waals surface area (Å²) in [5.74, 6) is 1.61. The molecule has 0 atom stereocenters. The molecule has 0 aliphatic carbocycles. The fraction of sp³-hybridized carbons (Fsp3) is 0.429. The van der Waals surface area contributed by atoms with Crippen molar-refractivity contribution in [1.82, 2.24) is 5.32 Å². The summed E-state index contributed by atoms with van der Waals surface area (Å²) in [5, 5.41) is 3.37. The first-order valence-electron chi connectivity index (χ1n) is 5.89. The van der Waals surface area contributed by atoms with E-state index < -0.39 is 0 Å². The molecule has 18 heavy (non-hydrogen) atoms. The summed E-state index contributed by atoms with van der Waals surface area (Å²) in [6.07, 6.45) is 0. The van der Waals surface area contributed by atoms with Crippen LogP contribution in [0, 0.1) is 0 Å². The first-order valence-corrected chi connectivity index (χ1v) is 6.68. The fourth-order valence-electron chi connectivity index (χ4n) is 1.41. The van der Waals surface area contributed by atoms with Crippen molar-refractivity contribution in [2.45, 2.75) is 26.4 Å². The zero-order chi connectivity index (χ0) is 13.5. The monoisotopic (exact) mass is 313 g/mol. The van der Waals surface area contributed by atoms with Gasteiger partial charge in [0, 0.05) is 28.7 Å². The van der Waals surface area contributed by atoms with E-state index in [4.69, 9.17) is 9.47 Å². The third kappa shape index (κ3) is 5.10. The van der Waals surface area contributed by atoms with Crippen LogP contribution in [-0.2, 0) is 6.54 Å². The van der Waals surface area contributed by atoms with Crippen molar-refractivity contribution < 1.29 is 9.47 Å². The van der Waals surface area contributed by atoms with Crippen LogP contribution in [0.3, 0.4) is 0 Å². The van der Waals surface area contributed by atoms with Gasteiger partial charge in [-0.25, -0.2) is 0 Å². The van der Waals surface area contributed by atoms with Crippen molar-refractivity contribution in [1.29, 1.82) is 0 Å². The molecular formula is C14H20BrNO2. The highest BCUT2D eigenvalue weighted by Gasteiger charge is 2.07. The average Bonchev–Trinajstić information content (AvgIpc) is 2.34. The summed E-state index contributed by atoms with van der Waals surface area (Å²) in [5.41, 5.74) is 1.11. The molecule has 1 rings (SSSR count). The van der Waals surface area contributed by atoms with Gasteiger partial charge in [0.2, 0.25) is 0 Å². The van der Waals surface area contributed by atoms with Crippen LogP contribution in [0.4, 0.5) is 0 Å². The fourth-order valence-corrected chi connectivity index (χ4v) is 1.53. The normalized spacial score (nSPS) is 10.5. The molecule has 0 bridgehead atoms. The molecule has 0 aromatic heterocycles. The van der Waals surface area contributed by atoms with Gasteiger partial charge in [-0.05, 0) is 6.07 Å². The van der Waals surface area contributed by atoms with E-state index >= 15 is 0 Å². The lowest BCUT2D eigenvalue weighted by Gasteiger charge is -2.14. The maximum atomic E-state index is 5.71. The van der Waals surface area contributed by atoms with Crippen LogP contribution in [-0.4, -0.2) is 19.8 Å². The third-order valence-corrected chi connectivity index (χ3v) is 2.59. The molecular weight excluding hydrogens is 294 g/mol. The van der Waals surface area contributed by atoms with E-state index in [2.05, 4.69) is 41.7 Å². The molecule has 0 aliphatic rings. The second kappa shape index (κ2) is 7.44. The molecule has 4 heteroatoms. The molecule has 0 spiro atoms. The van der Waals surface area contributed by atoms with Crippen molar-refractivity contribution in [2.75, 3.05) is 13.7 Å². The smallest absolute Gasteiger partial charge is 0.128 e. The predicted octanol–water partition coefficient (Wildman–Crippen LogP) is 3.48. The lowest BCUT2D eigenvalue weighted by Crippen LogP contribution is -2.22. The van der Waals surface area contributed by atoms with E-state index in [9.17, 15) is 0 Å². The number of hydrogen-bond donors (Lipinski definition) is 1. The Hall–Kier alpha value is -1.00. The lowest BCUT2D eigenvalue weighted by atomic mass is 10.2. The van der Waals surface area contributed by atoms with Crippen LogP contribution in [0.1, 0.15) is 19.4 Å². The Bertz CT molecular complexity index is 405. The summed E-state index contributed by atoms with van der Waals surface area (Å²) in [4.78, 5) is 0. The Balaban J connectivity index is 2.82.